The van der Waals surface area contributed by atoms with E-state index >= 15 is 8.78 Å². The van der Waals surface area contributed by atoms with E-state index in [4.69, 9.17) is 9.15 Å². The average Bonchev–Trinajstić information content (AvgIpc) is 3.23. The van der Waals surface area contributed by atoms with Gasteiger partial charge in [0, 0.05) is 58.7 Å². The first-order chi connectivity index (χ1) is 29.5. The molecule has 7 rings (SSSR count). The highest BCUT2D eigenvalue weighted by Gasteiger charge is 2.36. The molecule has 4 aromatic rings. The first-order valence-electron chi connectivity index (χ1n) is 19.0. The summed E-state index contributed by atoms with van der Waals surface area (Å²) in [5.74, 6) is -9.87. The van der Waals surface area contributed by atoms with E-state index in [-0.39, 0.29) is 67.9 Å². The summed E-state index contributed by atoms with van der Waals surface area (Å²) in [5.41, 5.74) is -2.04. The number of hydrogen-bond acceptors (Lipinski definition) is 11. The summed E-state index contributed by atoms with van der Waals surface area (Å²) in [5, 5.41) is 2.94. The lowest BCUT2D eigenvalue weighted by molar-refractivity contribution is -0.161. The minimum atomic E-state index is -5.77. The van der Waals surface area contributed by atoms with Crippen molar-refractivity contribution < 1.29 is 65.9 Å². The Kier molecular flexibility index (Phi) is 12.1. The van der Waals surface area contributed by atoms with Gasteiger partial charge < -0.3 is 14.5 Å². The van der Waals surface area contributed by atoms with Gasteiger partial charge in [-0.3, -0.25) is 13.9 Å². The minimum absolute atomic E-state index is 0.0251. The van der Waals surface area contributed by atoms with Crippen LogP contribution in [0.15, 0.2) is 109 Å². The number of carbonyl (C=O) groups excluding carboxylic acids is 1. The summed E-state index contributed by atoms with van der Waals surface area (Å²) in [6.45, 7) is 5.70. The third kappa shape index (κ3) is 9.06. The molecule has 0 saturated carbocycles. The van der Waals surface area contributed by atoms with Gasteiger partial charge >= 0.3 is 5.97 Å². The summed E-state index contributed by atoms with van der Waals surface area (Å²) in [6, 6.07) is 18.3. The number of piperidine rings is 1. The predicted molar refractivity (Wildman–Crippen MR) is 221 cm³/mol. The second-order valence-electron chi connectivity index (χ2n) is 15.3. The maximum atomic E-state index is 15.8. The molecule has 1 fully saturated rings. The van der Waals surface area contributed by atoms with Crippen LogP contribution >= 0.6 is 0 Å². The van der Waals surface area contributed by atoms with Crippen LogP contribution in [0.1, 0.15) is 40.0 Å². The summed E-state index contributed by atoms with van der Waals surface area (Å²) < 4.78 is 168. The molecule has 14 nitrogen and oxygen atoms in total. The molecule has 0 unspecified atom stereocenters. The summed E-state index contributed by atoms with van der Waals surface area (Å²) in [7, 11) is -14.2. The number of hydrogen-bond donors (Lipinski definition) is 3. The van der Waals surface area contributed by atoms with Crippen LogP contribution in [0, 0.1) is 28.7 Å². The number of esters is 1. The van der Waals surface area contributed by atoms with E-state index in [1.165, 1.54) is 77.1 Å². The Morgan fingerprint density at radius 3 is 1.98 bits per heavy atom. The molecule has 0 aromatic heterocycles. The maximum absolute atomic E-state index is 15.8. The Balaban J connectivity index is 1.27. The molecule has 0 spiro atoms. The van der Waals surface area contributed by atoms with Gasteiger partial charge in [-0.2, -0.15) is 21.1 Å². The van der Waals surface area contributed by atoms with Gasteiger partial charge in [0.05, 0.1) is 26.3 Å². The van der Waals surface area contributed by atoms with Crippen molar-refractivity contribution in [1.82, 2.24) is 4.31 Å². The van der Waals surface area contributed by atoms with Crippen molar-refractivity contribution in [3.63, 3.8) is 0 Å². The molecule has 332 valence electrons. The van der Waals surface area contributed by atoms with Crippen molar-refractivity contribution in [3.05, 3.63) is 114 Å². The van der Waals surface area contributed by atoms with Gasteiger partial charge in [0.15, 0.2) is 23.3 Å². The molecule has 0 radical (unpaired) electrons. The molecule has 63 heavy (non-hydrogen) atoms. The summed E-state index contributed by atoms with van der Waals surface area (Å²) in [6.07, 6.45) is 0.813. The third-order valence-corrected chi connectivity index (χ3v) is 14.4. The van der Waals surface area contributed by atoms with Crippen molar-refractivity contribution in [2.45, 2.75) is 60.8 Å². The highest BCUT2D eigenvalue weighted by molar-refractivity contribution is 7.89. The van der Waals surface area contributed by atoms with Crippen LogP contribution in [-0.2, 0) is 39.8 Å². The van der Waals surface area contributed by atoms with Crippen molar-refractivity contribution in [1.29, 1.82) is 0 Å². The maximum Gasteiger partial charge on any atom is 0.311 e. The number of sulfonamides is 1. The van der Waals surface area contributed by atoms with Gasteiger partial charge in [-0.25, -0.2) is 31.0 Å². The highest BCUT2D eigenvalue weighted by Crippen LogP contribution is 2.46. The van der Waals surface area contributed by atoms with E-state index in [2.05, 4.69) is 10.3 Å². The van der Waals surface area contributed by atoms with Crippen molar-refractivity contribution in [2.75, 3.05) is 18.4 Å². The number of benzene rings is 5. The van der Waals surface area contributed by atoms with Crippen LogP contribution in [0.3, 0.4) is 0 Å². The molecule has 2 heterocycles. The lowest BCUT2D eigenvalue weighted by atomic mass is 9.90. The lowest BCUT2D eigenvalue weighted by Gasteiger charge is -2.32. The molecule has 4 aromatic carbocycles. The number of fused-ring (bicyclic) bond motifs is 2. The first-order valence-corrected chi connectivity index (χ1v) is 23.4. The van der Waals surface area contributed by atoms with Gasteiger partial charge in [0.25, 0.3) is 20.2 Å². The van der Waals surface area contributed by atoms with Crippen LogP contribution in [0.25, 0.3) is 33.4 Å². The van der Waals surface area contributed by atoms with Crippen molar-refractivity contribution in [2.24, 2.45) is 10.4 Å². The Morgan fingerprint density at radius 1 is 0.778 bits per heavy atom. The van der Waals surface area contributed by atoms with Crippen molar-refractivity contribution >= 4 is 64.3 Å². The predicted octanol–water partition coefficient (Wildman–Crippen LogP) is 8.36. The summed E-state index contributed by atoms with van der Waals surface area (Å²) >= 11 is 0. The second kappa shape index (κ2) is 16.8. The molecule has 0 amide bonds. The third-order valence-electron chi connectivity index (χ3n) is 10.7. The fourth-order valence-electron chi connectivity index (χ4n) is 6.89. The van der Waals surface area contributed by atoms with Crippen LogP contribution in [0.5, 0.6) is 0 Å². The molecule has 1 saturated heterocycles. The zero-order chi connectivity index (χ0) is 45.8. The van der Waals surface area contributed by atoms with Crippen LogP contribution in [-0.4, -0.2) is 63.8 Å². The fourth-order valence-corrected chi connectivity index (χ4v) is 9.60. The van der Waals surface area contributed by atoms with Crippen molar-refractivity contribution in [3.8, 4) is 22.5 Å². The minimum Gasteiger partial charge on any atom is -0.462 e. The van der Waals surface area contributed by atoms with Crippen LogP contribution in [0.2, 0.25) is 0 Å². The van der Waals surface area contributed by atoms with Gasteiger partial charge in [0.2, 0.25) is 10.0 Å². The number of carbonyl (C=O) groups is 1. The molecular weight excluding hydrogens is 895 g/mol. The molecule has 3 aliphatic rings. The SMILES string of the molecule is CCC(C)(C)C(=O)OC1CCN(S(=O)(=O)c2ccc(/N=c3\ccc4c(-c5c(F)c(F)c(F)c(F)c5S(=O)(=O)O)c5ccc(Nc6ccc(S(=O)(=O)O)cc6)cc5oc-4c3)cc2)CC1. The fraction of sp³-hybridized carbons (Fsp3) is 0.238. The van der Waals surface area contributed by atoms with E-state index in [0.29, 0.717) is 24.9 Å². The number of halogens is 4. The zero-order valence-corrected chi connectivity index (χ0v) is 35.8. The van der Waals surface area contributed by atoms with Gasteiger partial charge in [-0.05, 0) is 106 Å². The largest absolute Gasteiger partial charge is 0.462 e. The Bertz CT molecular complexity index is 3170. The normalized spacial score (nSPS) is 15.0. The molecule has 0 bridgehead atoms. The molecule has 2 aliphatic heterocycles. The van der Waals surface area contributed by atoms with E-state index in [1.807, 2.05) is 6.92 Å². The standard InChI is InChI=1S/C42H37F4N3O11S3/c1-4-42(2,3)41(50)59-27-17-19-49(20-18-27)61(51,52)28-11-5-23(6-12-28)47-25-9-15-30-32(21-25)60-33-22-26(48-24-7-13-29(14-8-24)62(53,54)55)10-16-31(33)34(30)35-36(43)37(44)38(45)39(46)40(35)63(56,57)58/h5-16,21-22,27,48H,4,17-20H2,1-3H3,(H,53,54,55)(H,56,57,58)/b47-25+. The van der Waals surface area contributed by atoms with Gasteiger partial charge in [0.1, 0.15) is 22.3 Å². The summed E-state index contributed by atoms with van der Waals surface area (Å²) in [4.78, 5) is 14.8. The Morgan fingerprint density at radius 2 is 1.38 bits per heavy atom. The van der Waals surface area contributed by atoms with Crippen LogP contribution in [0.4, 0.5) is 34.6 Å². The number of nitrogens with zero attached hydrogens (tertiary/aromatic N) is 2. The monoisotopic (exact) mass is 931 g/mol. The number of anilines is 2. The van der Waals surface area contributed by atoms with Gasteiger partial charge in [-0.15, -0.1) is 0 Å². The number of ether oxygens (including phenoxy) is 1. The number of nitrogens with one attached hydrogen (secondary N) is 1. The topological polar surface area (TPSA) is 210 Å². The van der Waals surface area contributed by atoms with E-state index < -0.39 is 81.1 Å². The second-order valence-corrected chi connectivity index (χ2v) is 20.0. The highest BCUT2D eigenvalue weighted by atomic mass is 32.2. The van der Waals surface area contributed by atoms with Gasteiger partial charge in [-0.1, -0.05) is 6.92 Å². The average molecular weight is 932 g/mol. The molecule has 21 heteroatoms. The molecule has 0 atom stereocenters. The molecule has 3 N–H and O–H groups in total. The lowest BCUT2D eigenvalue weighted by Crippen LogP contribution is -2.42. The van der Waals surface area contributed by atoms with E-state index in [0.717, 1.165) is 12.1 Å². The van der Waals surface area contributed by atoms with Crippen LogP contribution < -0.4 is 10.7 Å². The zero-order valence-electron chi connectivity index (χ0n) is 33.4. The van der Waals surface area contributed by atoms with E-state index in [1.54, 1.807) is 13.8 Å². The molecule has 1 aliphatic carbocycles. The van der Waals surface area contributed by atoms with E-state index in [9.17, 15) is 47.9 Å². The smallest absolute Gasteiger partial charge is 0.311 e. The Hall–Kier alpha value is -5.71. The first kappa shape index (κ1) is 45.3. The number of rotatable bonds is 11. The Labute approximate surface area is 358 Å². The quantitative estimate of drug-likeness (QED) is 0.0280. The molecular formula is C42H37F4N3O11S3.